The Morgan fingerprint density at radius 2 is 2.15 bits per heavy atom. The summed E-state index contributed by atoms with van der Waals surface area (Å²) in [5, 5.41) is 11.4. The van der Waals surface area contributed by atoms with Crippen LogP contribution in [0.3, 0.4) is 0 Å². The quantitative estimate of drug-likeness (QED) is 0.783. The lowest BCUT2D eigenvalue weighted by atomic mass is 10.1. The van der Waals surface area contributed by atoms with Gasteiger partial charge in [-0.1, -0.05) is 35.0 Å². The fraction of sp³-hybridized carbons (Fsp3) is 0.333. The molecule has 0 aliphatic rings. The second-order valence-corrected chi connectivity index (χ2v) is 5.53. The van der Waals surface area contributed by atoms with Crippen molar-refractivity contribution < 1.29 is 14.7 Å². The molecule has 5 heteroatoms. The van der Waals surface area contributed by atoms with Crippen LogP contribution in [0.25, 0.3) is 6.08 Å². The number of hydrogen-bond donors (Lipinski definition) is 2. The second-order valence-electron chi connectivity index (χ2n) is 4.68. The van der Waals surface area contributed by atoms with Crippen molar-refractivity contribution in [3.8, 4) is 0 Å². The van der Waals surface area contributed by atoms with E-state index in [1.54, 1.807) is 13.0 Å². The van der Waals surface area contributed by atoms with Crippen molar-refractivity contribution in [2.24, 2.45) is 5.92 Å². The summed E-state index contributed by atoms with van der Waals surface area (Å²) in [6.45, 7) is 3.97. The highest BCUT2D eigenvalue weighted by atomic mass is 79.9. The van der Waals surface area contributed by atoms with Crippen LogP contribution in [-0.2, 0) is 9.59 Å². The first-order chi connectivity index (χ1) is 9.40. The molecule has 1 amide bonds. The fourth-order valence-electron chi connectivity index (χ4n) is 1.53. The molecule has 0 heterocycles. The maximum absolute atomic E-state index is 11.6. The highest BCUT2D eigenvalue weighted by molar-refractivity contribution is 9.10. The van der Waals surface area contributed by atoms with Gasteiger partial charge in [0.2, 0.25) is 5.91 Å². The second kappa shape index (κ2) is 7.85. The molecule has 1 atom stereocenters. The predicted octanol–water partition coefficient (Wildman–Crippen LogP) is 3.00. The van der Waals surface area contributed by atoms with Crippen molar-refractivity contribution in [1.82, 2.24) is 5.32 Å². The third-order valence-corrected chi connectivity index (χ3v) is 3.56. The van der Waals surface area contributed by atoms with Gasteiger partial charge in [-0.25, -0.2) is 0 Å². The number of carboxylic acid groups (broad SMARTS) is 1. The molecule has 0 radical (unpaired) electrons. The van der Waals surface area contributed by atoms with E-state index in [9.17, 15) is 9.59 Å². The van der Waals surface area contributed by atoms with E-state index >= 15 is 0 Å². The first-order valence-corrected chi connectivity index (χ1v) is 7.14. The number of carboxylic acids is 1. The lowest BCUT2D eigenvalue weighted by molar-refractivity contribution is -0.141. The minimum atomic E-state index is -0.849. The summed E-state index contributed by atoms with van der Waals surface area (Å²) in [6, 6.07) is 5.87. The molecule has 0 bridgehead atoms. The Morgan fingerprint density at radius 1 is 1.45 bits per heavy atom. The largest absolute Gasteiger partial charge is 0.481 e. The number of halogens is 1. The van der Waals surface area contributed by atoms with Crippen LogP contribution in [0, 0.1) is 12.8 Å². The fourth-order valence-corrected chi connectivity index (χ4v) is 2.15. The van der Waals surface area contributed by atoms with Crippen LogP contribution < -0.4 is 5.32 Å². The molecule has 1 rings (SSSR count). The third-order valence-electron chi connectivity index (χ3n) is 2.87. The van der Waals surface area contributed by atoms with Gasteiger partial charge in [0, 0.05) is 17.1 Å². The van der Waals surface area contributed by atoms with E-state index in [1.165, 1.54) is 6.08 Å². The molecule has 0 aliphatic heterocycles. The molecule has 1 aromatic carbocycles. The van der Waals surface area contributed by atoms with Crippen molar-refractivity contribution in [3.63, 3.8) is 0 Å². The topological polar surface area (TPSA) is 66.4 Å². The number of carbonyl (C=O) groups excluding carboxylic acids is 1. The van der Waals surface area contributed by atoms with Crippen LogP contribution in [0.15, 0.2) is 28.7 Å². The molecule has 0 saturated carbocycles. The van der Waals surface area contributed by atoms with E-state index < -0.39 is 11.9 Å². The van der Waals surface area contributed by atoms with Gasteiger partial charge in [-0.15, -0.1) is 0 Å². The van der Waals surface area contributed by atoms with Gasteiger partial charge < -0.3 is 10.4 Å². The van der Waals surface area contributed by atoms with E-state index in [0.717, 1.165) is 15.6 Å². The normalized spacial score (nSPS) is 12.3. The van der Waals surface area contributed by atoms with Gasteiger partial charge in [-0.3, -0.25) is 9.59 Å². The molecule has 20 heavy (non-hydrogen) atoms. The van der Waals surface area contributed by atoms with Crippen LogP contribution in [0.5, 0.6) is 0 Å². The highest BCUT2D eigenvalue weighted by Gasteiger charge is 2.10. The van der Waals surface area contributed by atoms with Gasteiger partial charge >= 0.3 is 5.97 Å². The molecule has 1 unspecified atom stereocenters. The molecule has 0 aliphatic carbocycles. The minimum Gasteiger partial charge on any atom is -0.481 e. The Labute approximate surface area is 127 Å². The number of rotatable bonds is 6. The standard InChI is InChI=1S/C15H18BrNO3/c1-10-3-4-12(13(16)9-10)5-6-14(18)17-8-7-11(2)15(19)20/h3-6,9,11H,7-8H2,1-2H3,(H,17,18)(H,19,20)/b6-5+. The molecular weight excluding hydrogens is 322 g/mol. The zero-order chi connectivity index (χ0) is 15.1. The predicted molar refractivity (Wildman–Crippen MR) is 82.3 cm³/mol. The SMILES string of the molecule is Cc1ccc(/C=C/C(=O)NCCC(C)C(=O)O)c(Br)c1. The van der Waals surface area contributed by atoms with E-state index in [1.807, 2.05) is 25.1 Å². The Balaban J connectivity index is 2.46. The van der Waals surface area contributed by atoms with Crippen molar-refractivity contribution >= 4 is 33.9 Å². The average Bonchev–Trinajstić information content (AvgIpc) is 2.37. The van der Waals surface area contributed by atoms with E-state index in [0.29, 0.717) is 13.0 Å². The van der Waals surface area contributed by atoms with E-state index in [-0.39, 0.29) is 5.91 Å². The third kappa shape index (κ3) is 5.57. The summed E-state index contributed by atoms with van der Waals surface area (Å²) in [4.78, 5) is 22.2. The molecule has 0 aromatic heterocycles. The number of nitrogens with one attached hydrogen (secondary N) is 1. The Morgan fingerprint density at radius 3 is 2.75 bits per heavy atom. The zero-order valence-corrected chi connectivity index (χ0v) is 13.1. The monoisotopic (exact) mass is 339 g/mol. The number of aliphatic carboxylic acids is 1. The summed E-state index contributed by atoms with van der Waals surface area (Å²) >= 11 is 3.44. The lowest BCUT2D eigenvalue weighted by Crippen LogP contribution is -2.25. The Bertz CT molecular complexity index is 526. The molecule has 0 fully saturated rings. The van der Waals surface area contributed by atoms with Crippen LogP contribution in [-0.4, -0.2) is 23.5 Å². The van der Waals surface area contributed by atoms with Gasteiger partial charge in [-0.05, 0) is 36.6 Å². The van der Waals surface area contributed by atoms with Gasteiger partial charge in [0.15, 0.2) is 0 Å². The summed E-state index contributed by atoms with van der Waals surface area (Å²) < 4.78 is 0.932. The number of benzene rings is 1. The van der Waals surface area contributed by atoms with Gasteiger partial charge in [0.05, 0.1) is 5.92 Å². The molecular formula is C15H18BrNO3. The molecule has 0 spiro atoms. The number of hydrogen-bond acceptors (Lipinski definition) is 2. The van der Waals surface area contributed by atoms with Crippen LogP contribution in [0.4, 0.5) is 0 Å². The van der Waals surface area contributed by atoms with Crippen molar-refractivity contribution in [1.29, 1.82) is 0 Å². The number of amides is 1. The maximum atomic E-state index is 11.6. The highest BCUT2D eigenvalue weighted by Crippen LogP contribution is 2.19. The molecule has 0 saturated heterocycles. The summed E-state index contributed by atoms with van der Waals surface area (Å²) in [6.07, 6.45) is 3.59. The average molecular weight is 340 g/mol. The smallest absolute Gasteiger partial charge is 0.306 e. The summed E-state index contributed by atoms with van der Waals surface area (Å²) in [7, 11) is 0. The summed E-state index contributed by atoms with van der Waals surface area (Å²) in [5.41, 5.74) is 2.06. The first-order valence-electron chi connectivity index (χ1n) is 6.35. The van der Waals surface area contributed by atoms with Gasteiger partial charge in [-0.2, -0.15) is 0 Å². The minimum absolute atomic E-state index is 0.227. The Hall–Kier alpha value is -1.62. The van der Waals surface area contributed by atoms with Crippen LogP contribution >= 0.6 is 15.9 Å². The van der Waals surface area contributed by atoms with E-state index in [2.05, 4.69) is 21.2 Å². The first kappa shape index (κ1) is 16.4. The Kier molecular flexibility index (Phi) is 6.45. The zero-order valence-electron chi connectivity index (χ0n) is 11.5. The van der Waals surface area contributed by atoms with Gasteiger partial charge in [0.1, 0.15) is 0 Å². The molecule has 1 aromatic rings. The molecule has 108 valence electrons. The van der Waals surface area contributed by atoms with Gasteiger partial charge in [0.25, 0.3) is 0 Å². The van der Waals surface area contributed by atoms with Crippen molar-refractivity contribution in [2.75, 3.05) is 6.54 Å². The lowest BCUT2D eigenvalue weighted by Gasteiger charge is -2.06. The van der Waals surface area contributed by atoms with Crippen LogP contribution in [0.1, 0.15) is 24.5 Å². The number of carbonyl (C=O) groups is 2. The maximum Gasteiger partial charge on any atom is 0.306 e. The number of aryl methyl sites for hydroxylation is 1. The molecule has 2 N–H and O–H groups in total. The van der Waals surface area contributed by atoms with E-state index in [4.69, 9.17) is 5.11 Å². The summed E-state index contributed by atoms with van der Waals surface area (Å²) in [5.74, 6) is -1.53. The van der Waals surface area contributed by atoms with Crippen molar-refractivity contribution in [2.45, 2.75) is 20.3 Å². The van der Waals surface area contributed by atoms with Crippen LogP contribution in [0.2, 0.25) is 0 Å². The molecule has 4 nitrogen and oxygen atoms in total. The van der Waals surface area contributed by atoms with Crippen molar-refractivity contribution in [3.05, 3.63) is 39.9 Å².